The lowest BCUT2D eigenvalue weighted by Gasteiger charge is -2.06. The van der Waals surface area contributed by atoms with E-state index in [2.05, 4.69) is 20.9 Å². The van der Waals surface area contributed by atoms with Gasteiger partial charge in [-0.25, -0.2) is 4.79 Å². The number of oxazole rings is 1. The lowest BCUT2D eigenvalue weighted by molar-refractivity contribution is 0.519. The number of alkyl halides is 1. The van der Waals surface area contributed by atoms with Gasteiger partial charge in [-0.15, -0.1) is 0 Å². The minimum absolute atomic E-state index is 0.0536. The molecule has 86 valence electrons. The van der Waals surface area contributed by atoms with Crippen LogP contribution in [0.1, 0.15) is 16.2 Å². The number of aromatic amines is 1. The molecule has 0 radical (unpaired) electrons. The molecule has 5 heteroatoms. The molecular weight excluding hydrogens is 286 g/mol. The van der Waals surface area contributed by atoms with Gasteiger partial charge in [0.15, 0.2) is 5.58 Å². The zero-order valence-corrected chi connectivity index (χ0v) is 10.2. The Bertz CT molecular complexity index is 696. The normalized spacial score (nSPS) is 13.0. The zero-order chi connectivity index (χ0) is 11.8. The summed E-state index contributed by atoms with van der Waals surface area (Å²) >= 11 is 3.54. The summed E-state index contributed by atoms with van der Waals surface area (Å²) in [7, 11) is 0. The number of halogens is 1. The van der Waals surface area contributed by atoms with Gasteiger partial charge in [0.05, 0.1) is 16.6 Å². The van der Waals surface area contributed by atoms with Crippen LogP contribution in [0.3, 0.4) is 0 Å². The number of rotatable bonds is 2. The molecule has 2 heterocycles. The van der Waals surface area contributed by atoms with Crippen LogP contribution in [0.25, 0.3) is 11.1 Å². The van der Waals surface area contributed by atoms with E-state index >= 15 is 0 Å². The van der Waals surface area contributed by atoms with Gasteiger partial charge in [-0.05, 0) is 29.8 Å². The summed E-state index contributed by atoms with van der Waals surface area (Å²) < 4.78 is 10.3. The van der Waals surface area contributed by atoms with Gasteiger partial charge in [-0.1, -0.05) is 22.0 Å². The van der Waals surface area contributed by atoms with Crippen molar-refractivity contribution in [3.05, 3.63) is 58.5 Å². The highest BCUT2D eigenvalue weighted by atomic mass is 79.9. The highest BCUT2D eigenvalue weighted by Gasteiger charge is 2.14. The summed E-state index contributed by atoms with van der Waals surface area (Å²) in [5, 5.41) is 0. The SMILES string of the molecule is O=c1[nH]c2ccc(C(Br)c3ccco3)cc2o1. The van der Waals surface area contributed by atoms with Gasteiger partial charge >= 0.3 is 5.76 Å². The van der Waals surface area contributed by atoms with E-state index in [-0.39, 0.29) is 4.83 Å². The zero-order valence-electron chi connectivity index (χ0n) is 8.64. The number of furan rings is 1. The van der Waals surface area contributed by atoms with E-state index < -0.39 is 5.76 Å². The third-order valence-corrected chi connectivity index (χ3v) is 3.51. The summed E-state index contributed by atoms with van der Waals surface area (Å²) in [5.41, 5.74) is 2.21. The predicted octanol–water partition coefficient (Wildman–Crippen LogP) is 3.20. The molecule has 1 unspecified atom stereocenters. The fraction of sp³-hybridized carbons (Fsp3) is 0.0833. The van der Waals surface area contributed by atoms with Crippen LogP contribution in [0, 0.1) is 0 Å². The molecular formula is C12H8BrNO3. The first-order valence-corrected chi connectivity index (χ1v) is 5.96. The molecule has 17 heavy (non-hydrogen) atoms. The topological polar surface area (TPSA) is 59.1 Å². The molecule has 1 aromatic carbocycles. The lowest BCUT2D eigenvalue weighted by Crippen LogP contribution is -1.92. The van der Waals surface area contributed by atoms with Gasteiger partial charge in [0.25, 0.3) is 0 Å². The van der Waals surface area contributed by atoms with Gasteiger partial charge in [0.2, 0.25) is 0 Å². The van der Waals surface area contributed by atoms with Crippen molar-refractivity contribution in [3.63, 3.8) is 0 Å². The molecule has 2 aromatic heterocycles. The summed E-state index contributed by atoms with van der Waals surface area (Å²) in [5.74, 6) is 0.364. The number of hydrogen-bond donors (Lipinski definition) is 1. The van der Waals surface area contributed by atoms with Crippen LogP contribution in [-0.2, 0) is 0 Å². The molecule has 4 nitrogen and oxygen atoms in total. The second-order valence-electron chi connectivity index (χ2n) is 3.65. The summed E-state index contributed by atoms with van der Waals surface area (Å²) in [6, 6.07) is 9.26. The number of aromatic nitrogens is 1. The third kappa shape index (κ3) is 1.82. The second-order valence-corrected chi connectivity index (χ2v) is 4.56. The number of hydrogen-bond acceptors (Lipinski definition) is 3. The molecule has 0 saturated heterocycles. The Hall–Kier alpha value is -1.75. The maximum absolute atomic E-state index is 11.0. The highest BCUT2D eigenvalue weighted by molar-refractivity contribution is 9.09. The van der Waals surface area contributed by atoms with Crippen molar-refractivity contribution in [2.45, 2.75) is 4.83 Å². The Morgan fingerprint density at radius 1 is 1.29 bits per heavy atom. The minimum atomic E-state index is -0.443. The molecule has 3 aromatic rings. The number of fused-ring (bicyclic) bond motifs is 1. The first kappa shape index (κ1) is 10.4. The average molecular weight is 294 g/mol. The van der Waals surface area contributed by atoms with Crippen molar-refractivity contribution in [2.24, 2.45) is 0 Å². The van der Waals surface area contributed by atoms with Crippen LogP contribution in [0.4, 0.5) is 0 Å². The van der Waals surface area contributed by atoms with Gasteiger partial charge in [0.1, 0.15) is 5.76 Å². The summed E-state index contributed by atoms with van der Waals surface area (Å²) in [6.07, 6.45) is 1.62. The first-order valence-electron chi connectivity index (χ1n) is 5.04. The Morgan fingerprint density at radius 3 is 2.94 bits per heavy atom. The molecule has 0 spiro atoms. The third-order valence-electron chi connectivity index (χ3n) is 2.53. The predicted molar refractivity (Wildman–Crippen MR) is 66.3 cm³/mol. The molecule has 0 bridgehead atoms. The molecule has 0 fully saturated rings. The van der Waals surface area contributed by atoms with Gasteiger partial charge in [0, 0.05) is 0 Å². The van der Waals surface area contributed by atoms with Gasteiger partial charge in [-0.2, -0.15) is 0 Å². The molecule has 0 aliphatic heterocycles. The monoisotopic (exact) mass is 293 g/mol. The van der Waals surface area contributed by atoms with Crippen molar-refractivity contribution in [2.75, 3.05) is 0 Å². The fourth-order valence-electron chi connectivity index (χ4n) is 1.72. The maximum Gasteiger partial charge on any atom is 0.417 e. The van der Waals surface area contributed by atoms with Crippen LogP contribution in [0.2, 0.25) is 0 Å². The molecule has 1 atom stereocenters. The summed E-state index contributed by atoms with van der Waals surface area (Å²) in [4.78, 5) is 13.6. The molecule has 1 N–H and O–H groups in total. The first-order chi connectivity index (χ1) is 8.24. The van der Waals surface area contributed by atoms with E-state index in [1.807, 2.05) is 30.3 Å². The second kappa shape index (κ2) is 3.92. The largest absolute Gasteiger partial charge is 0.468 e. The van der Waals surface area contributed by atoms with Crippen molar-refractivity contribution in [1.82, 2.24) is 4.98 Å². The quantitative estimate of drug-likeness (QED) is 0.738. The fourth-order valence-corrected chi connectivity index (χ4v) is 2.26. The van der Waals surface area contributed by atoms with Crippen LogP contribution >= 0.6 is 15.9 Å². The Morgan fingerprint density at radius 2 is 2.18 bits per heavy atom. The van der Waals surface area contributed by atoms with Crippen LogP contribution in [-0.4, -0.2) is 4.98 Å². The van der Waals surface area contributed by atoms with Crippen molar-refractivity contribution >= 4 is 27.0 Å². The molecule has 3 rings (SSSR count). The molecule has 0 aliphatic carbocycles. The van der Waals surface area contributed by atoms with Crippen LogP contribution < -0.4 is 5.76 Å². The van der Waals surface area contributed by atoms with E-state index in [9.17, 15) is 4.79 Å². The average Bonchev–Trinajstić information content (AvgIpc) is 2.94. The van der Waals surface area contributed by atoms with Crippen LogP contribution in [0.15, 0.2) is 50.2 Å². The molecule has 0 saturated carbocycles. The smallest absolute Gasteiger partial charge is 0.417 e. The van der Waals surface area contributed by atoms with E-state index in [0.717, 1.165) is 11.3 Å². The summed E-state index contributed by atoms with van der Waals surface area (Å²) in [6.45, 7) is 0. The van der Waals surface area contributed by atoms with E-state index in [4.69, 9.17) is 8.83 Å². The lowest BCUT2D eigenvalue weighted by atomic mass is 10.1. The van der Waals surface area contributed by atoms with E-state index in [1.165, 1.54) is 0 Å². The van der Waals surface area contributed by atoms with Crippen molar-refractivity contribution in [3.8, 4) is 0 Å². The Kier molecular flexibility index (Phi) is 2.40. The molecule has 0 aliphatic rings. The van der Waals surface area contributed by atoms with Crippen LogP contribution in [0.5, 0.6) is 0 Å². The number of nitrogens with one attached hydrogen (secondary N) is 1. The van der Waals surface area contributed by atoms with Crippen molar-refractivity contribution in [1.29, 1.82) is 0 Å². The van der Waals surface area contributed by atoms with Crippen molar-refractivity contribution < 1.29 is 8.83 Å². The Balaban J connectivity index is 2.08. The minimum Gasteiger partial charge on any atom is -0.468 e. The standard InChI is InChI=1S/C12H8BrNO3/c13-11(9-2-1-5-16-9)7-3-4-8-10(6-7)17-12(15)14-8/h1-6,11H,(H,14,15). The highest BCUT2D eigenvalue weighted by Crippen LogP contribution is 2.32. The van der Waals surface area contributed by atoms with Gasteiger partial charge in [-0.3, -0.25) is 4.98 Å². The Labute approximate surface area is 104 Å². The number of H-pyrrole nitrogens is 1. The maximum atomic E-state index is 11.0. The number of benzene rings is 1. The van der Waals surface area contributed by atoms with Gasteiger partial charge < -0.3 is 8.83 Å². The molecule has 0 amide bonds. The van der Waals surface area contributed by atoms with E-state index in [1.54, 1.807) is 6.26 Å². The van der Waals surface area contributed by atoms with E-state index in [0.29, 0.717) is 11.1 Å².